The van der Waals surface area contributed by atoms with Gasteiger partial charge in [0.2, 0.25) is 0 Å². The Morgan fingerprint density at radius 3 is 2.22 bits per heavy atom. The summed E-state index contributed by atoms with van der Waals surface area (Å²) in [6, 6.07) is 0. The summed E-state index contributed by atoms with van der Waals surface area (Å²) in [5.74, 6) is 0. The largest absolute Gasteiger partial charge is 0.414 e. The first kappa shape index (κ1) is 17.7. The molecule has 0 rings (SSSR count). The monoisotopic (exact) mass is 271 g/mol. The molecule has 0 heterocycles. The van der Waals surface area contributed by atoms with Crippen LogP contribution in [-0.4, -0.2) is 42.2 Å². The molecule has 0 saturated carbocycles. The molecule has 110 valence electrons. The van der Waals surface area contributed by atoms with Gasteiger partial charge in [-0.2, -0.15) is 13.2 Å². The van der Waals surface area contributed by atoms with Crippen molar-refractivity contribution in [3.05, 3.63) is 0 Å². The molecule has 0 aliphatic rings. The topological polar surface area (TPSA) is 41.5 Å². The number of nitrogens with one attached hydrogen (secondary N) is 1. The number of aliphatic hydroxyl groups is 1. The highest BCUT2D eigenvalue weighted by Crippen LogP contribution is 2.25. The van der Waals surface area contributed by atoms with E-state index in [4.69, 9.17) is 4.74 Å². The summed E-state index contributed by atoms with van der Waals surface area (Å²) in [5.41, 5.74) is -0.610. The van der Waals surface area contributed by atoms with Crippen LogP contribution in [0.3, 0.4) is 0 Å². The molecule has 0 fully saturated rings. The van der Waals surface area contributed by atoms with Gasteiger partial charge in [-0.25, -0.2) is 0 Å². The van der Waals surface area contributed by atoms with Crippen LogP contribution in [0, 0.1) is 0 Å². The molecule has 2 N–H and O–H groups in total. The number of aliphatic hydroxyl groups excluding tert-OH is 1. The molecule has 0 aromatic heterocycles. The Morgan fingerprint density at radius 1 is 1.28 bits per heavy atom. The van der Waals surface area contributed by atoms with E-state index in [-0.39, 0.29) is 6.61 Å². The fourth-order valence-electron chi connectivity index (χ4n) is 1.73. The molecule has 18 heavy (non-hydrogen) atoms. The maximum atomic E-state index is 12.3. The zero-order valence-corrected chi connectivity index (χ0v) is 11.5. The van der Waals surface area contributed by atoms with Crippen molar-refractivity contribution < 1.29 is 23.0 Å². The fraction of sp³-hybridized carbons (Fsp3) is 1.00. The second-order valence-corrected chi connectivity index (χ2v) is 4.98. The minimum Gasteiger partial charge on any atom is -0.394 e. The molecule has 3 unspecified atom stereocenters. The minimum absolute atomic E-state index is 0.138. The third-order valence-electron chi connectivity index (χ3n) is 2.79. The number of hydrogen-bond donors (Lipinski definition) is 2. The Morgan fingerprint density at radius 2 is 1.83 bits per heavy atom. The Bertz CT molecular complexity index is 236. The van der Waals surface area contributed by atoms with E-state index in [9.17, 15) is 18.3 Å². The van der Waals surface area contributed by atoms with Crippen molar-refractivity contribution in [2.24, 2.45) is 0 Å². The number of alkyl halides is 3. The lowest BCUT2D eigenvalue weighted by molar-refractivity contribution is -0.227. The number of hydrogen-bond acceptors (Lipinski definition) is 3. The second kappa shape index (κ2) is 7.31. The predicted octanol–water partition coefficient (Wildman–Crippen LogP) is 2.48. The standard InChI is InChI=1S/C12H24F3NO2/c1-5-6-16-11(4,8-17)7-9(2)18-10(3)12(13,14)15/h9-10,16-17H,5-8H2,1-4H3. The molecule has 3 nitrogen and oxygen atoms in total. The van der Waals surface area contributed by atoms with E-state index in [2.05, 4.69) is 5.32 Å². The zero-order chi connectivity index (χ0) is 14.4. The number of halogens is 3. The summed E-state index contributed by atoms with van der Waals surface area (Å²) in [6.45, 7) is 6.91. The minimum atomic E-state index is -4.35. The maximum Gasteiger partial charge on any atom is 0.414 e. The van der Waals surface area contributed by atoms with E-state index in [0.717, 1.165) is 13.3 Å². The molecule has 0 aliphatic carbocycles. The molecule has 0 bridgehead atoms. The van der Waals surface area contributed by atoms with Crippen LogP contribution < -0.4 is 5.32 Å². The van der Waals surface area contributed by atoms with E-state index in [0.29, 0.717) is 13.0 Å². The molecule has 0 aliphatic heterocycles. The average molecular weight is 271 g/mol. The molecular formula is C12H24F3NO2. The van der Waals surface area contributed by atoms with Gasteiger partial charge in [0.25, 0.3) is 0 Å². The molecule has 0 saturated heterocycles. The first-order chi connectivity index (χ1) is 8.14. The van der Waals surface area contributed by atoms with Crippen LogP contribution in [0.4, 0.5) is 13.2 Å². The van der Waals surface area contributed by atoms with E-state index >= 15 is 0 Å². The molecule has 0 spiro atoms. The Balaban J connectivity index is 4.30. The van der Waals surface area contributed by atoms with Crippen molar-refractivity contribution in [3.63, 3.8) is 0 Å². The van der Waals surface area contributed by atoms with Crippen LogP contribution in [0.2, 0.25) is 0 Å². The normalized spacial score (nSPS) is 19.3. The smallest absolute Gasteiger partial charge is 0.394 e. The van der Waals surface area contributed by atoms with Crippen LogP contribution in [0.25, 0.3) is 0 Å². The van der Waals surface area contributed by atoms with Crippen molar-refractivity contribution >= 4 is 0 Å². The third-order valence-corrected chi connectivity index (χ3v) is 2.79. The molecule has 6 heteroatoms. The van der Waals surface area contributed by atoms with Gasteiger partial charge in [0.05, 0.1) is 12.7 Å². The van der Waals surface area contributed by atoms with Gasteiger partial charge in [0, 0.05) is 5.54 Å². The lowest BCUT2D eigenvalue weighted by Gasteiger charge is -2.32. The van der Waals surface area contributed by atoms with Gasteiger partial charge < -0.3 is 15.2 Å². The first-order valence-electron chi connectivity index (χ1n) is 6.22. The molecular weight excluding hydrogens is 247 g/mol. The lowest BCUT2D eigenvalue weighted by Crippen LogP contribution is -2.49. The van der Waals surface area contributed by atoms with Crippen LogP contribution in [-0.2, 0) is 4.74 Å². The van der Waals surface area contributed by atoms with Gasteiger partial charge in [-0.05, 0) is 40.2 Å². The molecule has 3 atom stereocenters. The molecule has 0 aromatic carbocycles. The SMILES string of the molecule is CCCNC(C)(CO)CC(C)OC(C)C(F)(F)F. The van der Waals surface area contributed by atoms with E-state index in [1.807, 2.05) is 6.92 Å². The van der Waals surface area contributed by atoms with Gasteiger partial charge in [0.1, 0.15) is 0 Å². The van der Waals surface area contributed by atoms with Crippen molar-refractivity contribution in [1.29, 1.82) is 0 Å². The van der Waals surface area contributed by atoms with Crippen molar-refractivity contribution in [2.75, 3.05) is 13.2 Å². The molecule has 0 radical (unpaired) electrons. The Kier molecular flexibility index (Phi) is 7.17. The van der Waals surface area contributed by atoms with Crippen LogP contribution in [0.1, 0.15) is 40.5 Å². The molecule has 0 aromatic rings. The predicted molar refractivity (Wildman–Crippen MR) is 64.5 cm³/mol. The summed E-state index contributed by atoms with van der Waals surface area (Å²) in [6.07, 6.45) is -5.50. The van der Waals surface area contributed by atoms with E-state index in [1.165, 1.54) is 0 Å². The lowest BCUT2D eigenvalue weighted by atomic mass is 9.95. The molecule has 0 amide bonds. The first-order valence-corrected chi connectivity index (χ1v) is 6.22. The summed E-state index contributed by atoms with van der Waals surface area (Å²) >= 11 is 0. The highest BCUT2D eigenvalue weighted by molar-refractivity contribution is 4.84. The van der Waals surface area contributed by atoms with Crippen molar-refractivity contribution in [2.45, 2.75) is 64.5 Å². The second-order valence-electron chi connectivity index (χ2n) is 4.98. The number of ether oxygens (including phenoxy) is 1. The van der Waals surface area contributed by atoms with Crippen LogP contribution >= 0.6 is 0 Å². The number of rotatable bonds is 8. The fourth-order valence-corrected chi connectivity index (χ4v) is 1.73. The van der Waals surface area contributed by atoms with E-state index in [1.54, 1.807) is 13.8 Å². The van der Waals surface area contributed by atoms with E-state index < -0.39 is 23.9 Å². The summed E-state index contributed by atoms with van der Waals surface area (Å²) in [4.78, 5) is 0. The average Bonchev–Trinajstić information content (AvgIpc) is 2.25. The van der Waals surface area contributed by atoms with Crippen LogP contribution in [0.15, 0.2) is 0 Å². The van der Waals surface area contributed by atoms with Gasteiger partial charge in [-0.1, -0.05) is 6.92 Å². The Hall–Kier alpha value is -0.330. The zero-order valence-electron chi connectivity index (χ0n) is 11.5. The van der Waals surface area contributed by atoms with Gasteiger partial charge in [-0.15, -0.1) is 0 Å². The Labute approximate surface area is 107 Å². The maximum absolute atomic E-state index is 12.3. The summed E-state index contributed by atoms with van der Waals surface area (Å²) < 4.78 is 41.9. The van der Waals surface area contributed by atoms with Gasteiger partial charge in [-0.3, -0.25) is 0 Å². The third kappa shape index (κ3) is 6.56. The van der Waals surface area contributed by atoms with Gasteiger partial charge in [0.15, 0.2) is 6.10 Å². The highest BCUT2D eigenvalue weighted by Gasteiger charge is 2.38. The quantitative estimate of drug-likeness (QED) is 0.712. The summed E-state index contributed by atoms with van der Waals surface area (Å²) in [7, 11) is 0. The van der Waals surface area contributed by atoms with Crippen molar-refractivity contribution in [3.8, 4) is 0 Å². The summed E-state index contributed by atoms with van der Waals surface area (Å²) in [5, 5.41) is 12.4. The van der Waals surface area contributed by atoms with Gasteiger partial charge >= 0.3 is 6.18 Å². The van der Waals surface area contributed by atoms with Crippen molar-refractivity contribution in [1.82, 2.24) is 5.32 Å². The van der Waals surface area contributed by atoms with Crippen LogP contribution in [0.5, 0.6) is 0 Å². The highest BCUT2D eigenvalue weighted by atomic mass is 19.4.